The number of methoxy groups -OCH3 is 1. The third-order valence-electron chi connectivity index (χ3n) is 5.89. The fraction of sp³-hybridized carbons (Fsp3) is 1.00. The first-order valence-corrected chi connectivity index (χ1v) is 22.1. The van der Waals surface area contributed by atoms with Crippen LogP contribution in [0.1, 0.15) is 96.8 Å². The summed E-state index contributed by atoms with van der Waals surface area (Å²) < 4.78 is 33.4. The Hall–Kier alpha value is 0.588. The maximum absolute atomic E-state index is 12.1. The molecular weight excluding hydrogens is 514 g/mol. The summed E-state index contributed by atoms with van der Waals surface area (Å²) in [5, 5.41) is 0.857. The summed E-state index contributed by atoms with van der Waals surface area (Å²) in [6.45, 7) is 4.24. The molecule has 2 atom stereocenters. The molecule has 0 aliphatic rings. The molecule has 0 spiro atoms. The topological polar surface area (TPSA) is 74.2 Å². The van der Waals surface area contributed by atoms with E-state index in [-0.39, 0.29) is 19.1 Å². The quantitative estimate of drug-likeness (QED) is 0.0641. The molecule has 0 amide bonds. The van der Waals surface area contributed by atoms with Crippen LogP contribution in [0, 0.1) is 5.92 Å². The molecule has 0 saturated heterocycles. The maximum atomic E-state index is 12.1. The van der Waals surface area contributed by atoms with Crippen LogP contribution in [-0.4, -0.2) is 58.6 Å². The van der Waals surface area contributed by atoms with Gasteiger partial charge in [-0.05, 0) is 0 Å². The fourth-order valence-corrected chi connectivity index (χ4v) is 6.14. The van der Waals surface area contributed by atoms with Crippen molar-refractivity contribution in [3.63, 3.8) is 0 Å². The summed E-state index contributed by atoms with van der Waals surface area (Å²) in [6.07, 6.45) is 18.8. The Bertz CT molecular complexity index is 486. The predicted octanol–water partition coefficient (Wildman–Crippen LogP) is 8.22. The number of ether oxygens (including phenoxy) is 2. The van der Waals surface area contributed by atoms with Crippen molar-refractivity contribution in [2.75, 3.05) is 40.1 Å². The SMILES string of the molecule is CCCCCCCCCCCCCCCCOCC(COC)COP(=O)(O)OCC[As](C)(C)C. The van der Waals surface area contributed by atoms with Crippen LogP contribution >= 0.6 is 7.82 Å². The molecule has 0 aromatic heterocycles. The van der Waals surface area contributed by atoms with Gasteiger partial charge in [-0.2, -0.15) is 0 Å². The molecule has 207 valence electrons. The molecular formula is C26H57AsO6P. The zero-order chi connectivity index (χ0) is 25.5. The minimum atomic E-state index is -4.02. The van der Waals surface area contributed by atoms with Gasteiger partial charge >= 0.3 is 131 Å². The van der Waals surface area contributed by atoms with E-state index in [2.05, 4.69) is 24.1 Å². The number of hydrogen-bond acceptors (Lipinski definition) is 5. The molecule has 6 nitrogen and oxygen atoms in total. The van der Waals surface area contributed by atoms with E-state index in [1.807, 2.05) is 0 Å². The van der Waals surface area contributed by atoms with E-state index in [0.717, 1.165) is 11.6 Å². The molecule has 0 bridgehead atoms. The van der Waals surface area contributed by atoms with Crippen molar-refractivity contribution >= 4 is 21.4 Å². The molecule has 0 fully saturated rings. The van der Waals surface area contributed by atoms with Crippen molar-refractivity contribution in [1.29, 1.82) is 0 Å². The van der Waals surface area contributed by atoms with Crippen molar-refractivity contribution in [3.8, 4) is 0 Å². The van der Waals surface area contributed by atoms with Crippen LogP contribution in [0.15, 0.2) is 0 Å². The second kappa shape index (κ2) is 22.8. The molecule has 0 heterocycles. The number of unbranched alkanes of at least 4 members (excludes halogenated alkanes) is 13. The average Bonchev–Trinajstić information content (AvgIpc) is 2.76. The second-order valence-electron chi connectivity index (χ2n) is 10.6. The van der Waals surface area contributed by atoms with E-state index >= 15 is 0 Å². The zero-order valence-electron chi connectivity index (χ0n) is 23.1. The van der Waals surface area contributed by atoms with Gasteiger partial charge in [0.1, 0.15) is 0 Å². The van der Waals surface area contributed by atoms with E-state index in [9.17, 15) is 9.46 Å². The Labute approximate surface area is 214 Å². The second-order valence-corrected chi connectivity index (χ2v) is 22.6. The minimum absolute atomic E-state index is 0.0834. The Morgan fingerprint density at radius 1 is 0.706 bits per heavy atom. The molecule has 2 unspecified atom stereocenters. The van der Waals surface area contributed by atoms with Gasteiger partial charge in [0.2, 0.25) is 0 Å². The summed E-state index contributed by atoms with van der Waals surface area (Å²) in [6, 6.07) is 0. The number of rotatable bonds is 26. The number of phosphoric ester groups is 1. The van der Waals surface area contributed by atoms with E-state index in [1.54, 1.807) is 7.11 Å². The van der Waals surface area contributed by atoms with Gasteiger partial charge in [0.25, 0.3) is 0 Å². The Morgan fingerprint density at radius 3 is 1.68 bits per heavy atom. The molecule has 1 N–H and O–H groups in total. The summed E-state index contributed by atoms with van der Waals surface area (Å²) in [4.78, 5) is 9.89. The molecule has 0 aromatic rings. The standard InChI is InChI=1S/C26H57AsO6P/c1-6-7-8-9-10-11-12-13-14-15-16-17-18-19-21-31-24-26(23-30-5)25-33-34(28,29)32-22-20-27(2,3)4/h26H,6-25H2,1-5H3,(H,28,29). The summed E-state index contributed by atoms with van der Waals surface area (Å²) in [5.41, 5.74) is 6.69. The molecule has 0 aromatic carbocycles. The van der Waals surface area contributed by atoms with Gasteiger partial charge in [-0.1, -0.05) is 84.0 Å². The van der Waals surface area contributed by atoms with E-state index in [0.29, 0.717) is 19.8 Å². The molecule has 0 aliphatic heterocycles. The monoisotopic (exact) mass is 571 g/mol. The van der Waals surface area contributed by atoms with Gasteiger partial charge in [0.15, 0.2) is 0 Å². The first kappa shape index (κ1) is 34.6. The van der Waals surface area contributed by atoms with Crippen molar-refractivity contribution in [1.82, 2.24) is 0 Å². The zero-order valence-corrected chi connectivity index (χ0v) is 25.9. The Morgan fingerprint density at radius 2 is 1.21 bits per heavy atom. The van der Waals surface area contributed by atoms with Crippen molar-refractivity contribution in [2.24, 2.45) is 5.92 Å². The van der Waals surface area contributed by atoms with Crippen LogP contribution in [0.3, 0.4) is 0 Å². The first-order chi connectivity index (χ1) is 16.2. The Kier molecular flexibility index (Phi) is 23.2. The Balaban J connectivity index is 3.65. The van der Waals surface area contributed by atoms with Crippen LogP contribution in [0.4, 0.5) is 0 Å². The molecule has 8 heteroatoms. The van der Waals surface area contributed by atoms with E-state index in [1.165, 1.54) is 83.5 Å². The van der Waals surface area contributed by atoms with E-state index < -0.39 is 21.4 Å². The number of phosphoric acid groups is 1. The normalized spacial score (nSPS) is 14.9. The van der Waals surface area contributed by atoms with E-state index in [4.69, 9.17) is 18.5 Å². The van der Waals surface area contributed by atoms with Crippen LogP contribution in [0.25, 0.3) is 0 Å². The molecule has 0 saturated carbocycles. The molecule has 1 radical (unpaired) electrons. The van der Waals surface area contributed by atoms with Gasteiger partial charge in [0, 0.05) is 0 Å². The van der Waals surface area contributed by atoms with Crippen molar-refractivity contribution in [3.05, 3.63) is 0 Å². The van der Waals surface area contributed by atoms with Crippen LogP contribution in [0.2, 0.25) is 22.3 Å². The summed E-state index contributed by atoms with van der Waals surface area (Å²) in [7, 11) is -2.40. The molecule has 0 rings (SSSR count). The fourth-order valence-electron chi connectivity index (χ4n) is 3.70. The third-order valence-corrected chi connectivity index (χ3v) is 10.1. The first-order valence-electron chi connectivity index (χ1n) is 13.7. The van der Waals surface area contributed by atoms with Gasteiger partial charge in [-0.15, -0.1) is 0 Å². The average molecular weight is 572 g/mol. The third kappa shape index (κ3) is 25.7. The summed E-state index contributed by atoms with van der Waals surface area (Å²) in [5.74, 6) is -0.0834. The molecule has 0 aliphatic carbocycles. The predicted molar refractivity (Wildman–Crippen MR) is 146 cm³/mol. The van der Waals surface area contributed by atoms with Gasteiger partial charge in [0.05, 0.1) is 0 Å². The van der Waals surface area contributed by atoms with Crippen LogP contribution < -0.4 is 0 Å². The number of hydrogen-bond donors (Lipinski definition) is 1. The van der Waals surface area contributed by atoms with Gasteiger partial charge in [-0.3, -0.25) is 0 Å². The van der Waals surface area contributed by atoms with Crippen molar-refractivity contribution in [2.45, 2.75) is 119 Å². The van der Waals surface area contributed by atoms with Crippen molar-refractivity contribution < 1.29 is 28.0 Å². The van der Waals surface area contributed by atoms with Crippen LogP contribution in [0.5, 0.6) is 0 Å². The molecule has 34 heavy (non-hydrogen) atoms. The van der Waals surface area contributed by atoms with Gasteiger partial charge in [-0.25, -0.2) is 0 Å². The van der Waals surface area contributed by atoms with Gasteiger partial charge < -0.3 is 0 Å². The summed E-state index contributed by atoms with van der Waals surface area (Å²) >= 11 is -1.64. The van der Waals surface area contributed by atoms with Crippen LogP contribution in [-0.2, 0) is 23.1 Å².